The van der Waals surface area contributed by atoms with Gasteiger partial charge >= 0.3 is 0 Å². The second-order valence-corrected chi connectivity index (χ2v) is 7.03. The summed E-state index contributed by atoms with van der Waals surface area (Å²) < 4.78 is 16.8. The summed E-state index contributed by atoms with van der Waals surface area (Å²) in [6.07, 6.45) is -6.05. The van der Waals surface area contributed by atoms with Gasteiger partial charge in [-0.15, -0.1) is 0 Å². The van der Waals surface area contributed by atoms with E-state index in [-0.39, 0.29) is 0 Å². The molecule has 0 radical (unpaired) electrons. The van der Waals surface area contributed by atoms with Crippen LogP contribution >= 0.6 is 0 Å². The van der Waals surface area contributed by atoms with Gasteiger partial charge in [-0.2, -0.15) is 0 Å². The molecule has 2 aliphatic rings. The number of hydrogen-bond donors (Lipinski definition) is 5. The Morgan fingerprint density at radius 2 is 2.00 bits per heavy atom. The monoisotopic (exact) mass is 392 g/mol. The Labute approximate surface area is 161 Å². The molecular weight excluding hydrogens is 368 g/mol. The topological polar surface area (TPSA) is 137 Å². The van der Waals surface area contributed by atoms with Crippen LogP contribution in [0.5, 0.6) is 11.5 Å². The van der Waals surface area contributed by atoms with Crippen LogP contribution in [0.15, 0.2) is 17.1 Å². The fourth-order valence-corrected chi connectivity index (χ4v) is 3.82. The van der Waals surface area contributed by atoms with Crippen LogP contribution in [0.1, 0.15) is 18.2 Å². The van der Waals surface area contributed by atoms with Crippen molar-refractivity contribution in [1.82, 2.24) is 4.98 Å². The largest absolute Gasteiger partial charge is 0.493 e. The first-order valence-corrected chi connectivity index (χ1v) is 9.16. The number of aliphatic imine (C=N–C) groups is 1. The van der Waals surface area contributed by atoms with E-state index in [4.69, 9.17) is 14.2 Å². The number of aromatic amines is 1. The van der Waals surface area contributed by atoms with Crippen molar-refractivity contribution in [3.05, 3.63) is 23.4 Å². The van der Waals surface area contributed by atoms with Crippen molar-refractivity contribution in [3.8, 4) is 11.5 Å². The van der Waals surface area contributed by atoms with Gasteiger partial charge in [-0.05, 0) is 31.0 Å². The highest BCUT2D eigenvalue weighted by Gasteiger charge is 2.45. The second-order valence-electron chi connectivity index (χ2n) is 7.03. The molecule has 0 aliphatic carbocycles. The molecule has 1 fully saturated rings. The first kappa shape index (κ1) is 19.2. The summed E-state index contributed by atoms with van der Waals surface area (Å²) in [7, 11) is 1.50. The minimum atomic E-state index is -1.52. The molecule has 1 aromatic heterocycles. The molecule has 9 nitrogen and oxygen atoms in total. The number of methoxy groups -OCH3 is 1. The van der Waals surface area contributed by atoms with Crippen molar-refractivity contribution in [2.24, 2.45) is 4.99 Å². The van der Waals surface area contributed by atoms with E-state index < -0.39 is 37.3 Å². The van der Waals surface area contributed by atoms with Gasteiger partial charge < -0.3 is 39.6 Å². The van der Waals surface area contributed by atoms with Gasteiger partial charge in [0.25, 0.3) is 0 Å². The van der Waals surface area contributed by atoms with Crippen molar-refractivity contribution in [2.75, 3.05) is 20.3 Å². The molecule has 152 valence electrons. The van der Waals surface area contributed by atoms with Gasteiger partial charge in [0.2, 0.25) is 6.29 Å². The van der Waals surface area contributed by atoms with E-state index in [0.717, 1.165) is 28.8 Å². The number of nitrogens with zero attached hydrogens (tertiary/aromatic N) is 1. The molecule has 5 N–H and O–H groups in total. The molecule has 4 rings (SSSR count). The number of rotatable bonds is 4. The van der Waals surface area contributed by atoms with Gasteiger partial charge in [-0.25, -0.2) is 0 Å². The maximum absolute atomic E-state index is 10.3. The molecule has 0 amide bonds. The summed E-state index contributed by atoms with van der Waals surface area (Å²) in [4.78, 5) is 7.79. The Kier molecular flexibility index (Phi) is 5.02. The molecule has 1 aromatic carbocycles. The lowest BCUT2D eigenvalue weighted by molar-refractivity contribution is -0.277. The number of H-pyrrole nitrogens is 1. The first-order chi connectivity index (χ1) is 13.5. The number of aromatic nitrogens is 1. The Bertz CT molecular complexity index is 907. The SMILES string of the molecule is COc1ccc2c3c([nH]c2c1O[C@@H]1O[C@H](CO)[C@@H](O)[C@@H](O)[C@H]1O)C(C)=NCC3. The molecule has 0 bridgehead atoms. The number of aliphatic hydroxyl groups excluding tert-OH is 4. The first-order valence-electron chi connectivity index (χ1n) is 9.16. The van der Waals surface area contributed by atoms with Gasteiger partial charge in [0.05, 0.1) is 30.6 Å². The highest BCUT2D eigenvalue weighted by molar-refractivity contribution is 6.06. The van der Waals surface area contributed by atoms with Crippen LogP contribution < -0.4 is 9.47 Å². The third kappa shape index (κ3) is 2.96. The van der Waals surface area contributed by atoms with Gasteiger partial charge in [-0.3, -0.25) is 4.99 Å². The predicted molar refractivity (Wildman–Crippen MR) is 100 cm³/mol. The highest BCUT2D eigenvalue weighted by Crippen LogP contribution is 2.40. The van der Waals surface area contributed by atoms with E-state index in [0.29, 0.717) is 23.6 Å². The molecule has 2 aromatic rings. The van der Waals surface area contributed by atoms with Crippen molar-refractivity contribution in [2.45, 2.75) is 44.1 Å². The predicted octanol–water partition coefficient (Wildman–Crippen LogP) is -0.280. The quantitative estimate of drug-likeness (QED) is 0.483. The van der Waals surface area contributed by atoms with Gasteiger partial charge in [0, 0.05) is 11.9 Å². The number of benzene rings is 1. The number of fused-ring (bicyclic) bond motifs is 3. The lowest BCUT2D eigenvalue weighted by atomic mass is 9.99. The average molecular weight is 392 g/mol. The zero-order valence-electron chi connectivity index (χ0n) is 15.6. The minimum absolute atomic E-state index is 0.312. The number of hydrogen-bond acceptors (Lipinski definition) is 8. The zero-order valence-corrected chi connectivity index (χ0v) is 15.6. The second kappa shape index (κ2) is 7.34. The molecule has 28 heavy (non-hydrogen) atoms. The third-order valence-electron chi connectivity index (χ3n) is 5.37. The Balaban J connectivity index is 1.76. The molecule has 2 aliphatic heterocycles. The molecule has 1 saturated heterocycles. The van der Waals surface area contributed by atoms with Crippen LogP contribution in [0.2, 0.25) is 0 Å². The van der Waals surface area contributed by atoms with Crippen LogP contribution in [0.25, 0.3) is 10.9 Å². The van der Waals surface area contributed by atoms with Gasteiger partial charge in [0.15, 0.2) is 11.5 Å². The summed E-state index contributed by atoms with van der Waals surface area (Å²) in [6, 6.07) is 3.69. The average Bonchev–Trinajstić information content (AvgIpc) is 3.09. The van der Waals surface area contributed by atoms with Crippen molar-refractivity contribution < 1.29 is 34.6 Å². The Morgan fingerprint density at radius 3 is 2.71 bits per heavy atom. The summed E-state index contributed by atoms with van der Waals surface area (Å²) in [5, 5.41) is 40.6. The standard InChI is InChI=1S/C19H24N2O7/c1-8-13-10(5-6-20-8)9-3-4-11(26-2)18(14(9)21-13)28-19-17(25)16(24)15(23)12(7-22)27-19/h3-4,12,15-17,19,21-25H,5-7H2,1-2H3/t12-,15-,16-,17-,19+/m1/s1. The summed E-state index contributed by atoms with van der Waals surface area (Å²) in [6.45, 7) is 2.11. The fourth-order valence-electron chi connectivity index (χ4n) is 3.82. The van der Waals surface area contributed by atoms with Gasteiger partial charge in [-0.1, -0.05) is 0 Å². The molecule has 0 spiro atoms. The molecule has 0 unspecified atom stereocenters. The van der Waals surface area contributed by atoms with Crippen molar-refractivity contribution in [3.63, 3.8) is 0 Å². The van der Waals surface area contributed by atoms with Crippen LogP contribution in [-0.2, 0) is 11.2 Å². The smallest absolute Gasteiger partial charge is 0.229 e. The highest BCUT2D eigenvalue weighted by atomic mass is 16.7. The molecular formula is C19H24N2O7. The summed E-state index contributed by atoms with van der Waals surface area (Å²) in [5.74, 6) is 0.726. The minimum Gasteiger partial charge on any atom is -0.493 e. The van der Waals surface area contributed by atoms with E-state index >= 15 is 0 Å². The summed E-state index contributed by atoms with van der Waals surface area (Å²) >= 11 is 0. The number of ether oxygens (including phenoxy) is 3. The normalized spacial score (nSPS) is 30.1. The van der Waals surface area contributed by atoms with E-state index in [1.54, 1.807) is 6.07 Å². The van der Waals surface area contributed by atoms with Crippen LogP contribution in [0.4, 0.5) is 0 Å². The van der Waals surface area contributed by atoms with E-state index in [1.165, 1.54) is 7.11 Å². The maximum atomic E-state index is 10.3. The molecule has 0 saturated carbocycles. The maximum Gasteiger partial charge on any atom is 0.229 e. The van der Waals surface area contributed by atoms with Crippen molar-refractivity contribution in [1.29, 1.82) is 0 Å². The molecule has 9 heteroatoms. The number of nitrogens with one attached hydrogen (secondary N) is 1. The molecule has 3 heterocycles. The number of aliphatic hydroxyl groups is 4. The van der Waals surface area contributed by atoms with Crippen molar-refractivity contribution >= 4 is 16.6 Å². The van der Waals surface area contributed by atoms with E-state index in [9.17, 15) is 20.4 Å². The lowest BCUT2D eigenvalue weighted by Crippen LogP contribution is -2.60. The van der Waals surface area contributed by atoms with Crippen LogP contribution in [-0.4, -0.2) is 82.1 Å². The Hall–Kier alpha value is -2.17. The third-order valence-corrected chi connectivity index (χ3v) is 5.37. The Morgan fingerprint density at radius 1 is 1.21 bits per heavy atom. The zero-order chi connectivity index (χ0) is 20.0. The summed E-state index contributed by atoms with van der Waals surface area (Å²) in [5.41, 5.74) is 3.62. The molecule has 5 atom stereocenters. The van der Waals surface area contributed by atoms with Gasteiger partial charge in [0.1, 0.15) is 24.4 Å². The fraction of sp³-hybridized carbons (Fsp3) is 0.526. The van der Waals surface area contributed by atoms with E-state index in [1.807, 2.05) is 13.0 Å². The lowest BCUT2D eigenvalue weighted by Gasteiger charge is -2.39. The van der Waals surface area contributed by atoms with Crippen LogP contribution in [0, 0.1) is 0 Å². The van der Waals surface area contributed by atoms with E-state index in [2.05, 4.69) is 9.98 Å². The van der Waals surface area contributed by atoms with Crippen LogP contribution in [0.3, 0.4) is 0 Å².